The van der Waals surface area contributed by atoms with Gasteiger partial charge < -0.3 is 19.3 Å². The standard InChI is InChI=1S/C17H20O7/c1-8-4-11-16(6-22-9(2)18,13(21)12(8)20)15(3)5-10(19)14(24-11)17(15)7-23-17/h4,11,13-14,21H,5-7H2,1-3H3/t11-,13?,14-,15-,16-,17+/m1/s1. The molecular formula is C17H20O7. The number of carbonyl (C=O) groups is 3. The molecule has 0 aromatic carbocycles. The molecule has 1 N–H and O–H groups in total. The number of aliphatic hydroxyl groups excluding tert-OH is 1. The smallest absolute Gasteiger partial charge is 0.302 e. The summed E-state index contributed by atoms with van der Waals surface area (Å²) in [6.45, 7) is 4.84. The Morgan fingerprint density at radius 2 is 2.12 bits per heavy atom. The van der Waals surface area contributed by atoms with E-state index in [0.717, 1.165) is 0 Å². The molecule has 0 aromatic heterocycles. The van der Waals surface area contributed by atoms with Crippen LogP contribution in [0.25, 0.3) is 0 Å². The van der Waals surface area contributed by atoms with E-state index in [9.17, 15) is 19.5 Å². The molecule has 4 aliphatic rings. The maximum atomic E-state index is 12.5. The van der Waals surface area contributed by atoms with Crippen molar-refractivity contribution in [1.29, 1.82) is 0 Å². The maximum Gasteiger partial charge on any atom is 0.302 e. The molecule has 2 bridgehead atoms. The number of ether oxygens (including phenoxy) is 3. The minimum Gasteiger partial charge on any atom is -0.465 e. The Balaban J connectivity index is 1.91. The SMILES string of the molecule is CC(=O)OC[C@]12C(O)C(=O)C(C)=C[C@H]1O[C@@H]1C(=O)C[C@@]2(C)[C@]12CO2. The Bertz CT molecular complexity index is 691. The van der Waals surface area contributed by atoms with Crippen molar-refractivity contribution in [2.75, 3.05) is 13.2 Å². The van der Waals surface area contributed by atoms with Crippen LogP contribution in [0.4, 0.5) is 0 Å². The first-order valence-corrected chi connectivity index (χ1v) is 8.06. The third-order valence-electron chi connectivity index (χ3n) is 6.49. The largest absolute Gasteiger partial charge is 0.465 e. The Labute approximate surface area is 138 Å². The van der Waals surface area contributed by atoms with Crippen LogP contribution in [0, 0.1) is 10.8 Å². The van der Waals surface area contributed by atoms with Gasteiger partial charge in [0.05, 0.1) is 18.1 Å². The third-order valence-corrected chi connectivity index (χ3v) is 6.49. The summed E-state index contributed by atoms with van der Waals surface area (Å²) in [5.74, 6) is -1.05. The molecule has 1 saturated carbocycles. The van der Waals surface area contributed by atoms with Gasteiger partial charge in [-0.15, -0.1) is 0 Å². The molecule has 0 aromatic rings. The second kappa shape index (κ2) is 4.53. The number of epoxide rings is 1. The number of carbonyl (C=O) groups excluding carboxylic acids is 3. The van der Waals surface area contributed by atoms with E-state index in [0.29, 0.717) is 12.2 Å². The normalized spacial score (nSPS) is 49.0. The van der Waals surface area contributed by atoms with E-state index in [2.05, 4.69) is 0 Å². The number of hydrogen-bond acceptors (Lipinski definition) is 7. The number of hydrogen-bond donors (Lipinski definition) is 1. The minimum atomic E-state index is -1.43. The number of Topliss-reactive ketones (excluding diaryl/α,β-unsaturated/α-hetero) is 2. The fourth-order valence-corrected chi connectivity index (χ4v) is 4.96. The van der Waals surface area contributed by atoms with Crippen LogP contribution in [0.2, 0.25) is 0 Å². The summed E-state index contributed by atoms with van der Waals surface area (Å²) in [5.41, 5.74) is -2.56. The van der Waals surface area contributed by atoms with Gasteiger partial charge in [-0.1, -0.05) is 6.92 Å². The molecular weight excluding hydrogens is 316 g/mol. The molecule has 2 heterocycles. The molecule has 2 saturated heterocycles. The van der Waals surface area contributed by atoms with Gasteiger partial charge >= 0.3 is 5.97 Å². The fourth-order valence-electron chi connectivity index (χ4n) is 4.96. The van der Waals surface area contributed by atoms with Crippen LogP contribution in [-0.4, -0.2) is 59.8 Å². The molecule has 4 rings (SSSR count). The van der Waals surface area contributed by atoms with Crippen LogP contribution >= 0.6 is 0 Å². The van der Waals surface area contributed by atoms with Gasteiger partial charge in [0, 0.05) is 18.8 Å². The summed E-state index contributed by atoms with van der Waals surface area (Å²) in [6, 6.07) is 0. The second-order valence-corrected chi connectivity index (χ2v) is 7.53. The van der Waals surface area contributed by atoms with Crippen LogP contribution in [-0.2, 0) is 28.6 Å². The van der Waals surface area contributed by atoms with Crippen molar-refractivity contribution >= 4 is 17.5 Å². The summed E-state index contributed by atoms with van der Waals surface area (Å²) in [7, 11) is 0. The Hall–Kier alpha value is -1.57. The predicted octanol–water partition coefficient (Wildman–Crippen LogP) is -0.0587. The van der Waals surface area contributed by atoms with Gasteiger partial charge in [-0.25, -0.2) is 0 Å². The second-order valence-electron chi connectivity index (χ2n) is 7.53. The molecule has 2 aliphatic heterocycles. The van der Waals surface area contributed by atoms with E-state index in [-0.39, 0.29) is 18.8 Å². The topological polar surface area (TPSA) is 102 Å². The van der Waals surface area contributed by atoms with Crippen molar-refractivity contribution in [3.05, 3.63) is 11.6 Å². The zero-order valence-electron chi connectivity index (χ0n) is 13.8. The minimum absolute atomic E-state index is 0.0997. The highest BCUT2D eigenvalue weighted by molar-refractivity contribution is 6.01. The summed E-state index contributed by atoms with van der Waals surface area (Å²) in [6.07, 6.45) is -1.07. The molecule has 7 heteroatoms. The maximum absolute atomic E-state index is 12.5. The molecule has 2 aliphatic carbocycles. The van der Waals surface area contributed by atoms with Gasteiger partial charge in [-0.3, -0.25) is 14.4 Å². The lowest BCUT2D eigenvalue weighted by Gasteiger charge is -2.58. The summed E-state index contributed by atoms with van der Waals surface area (Å²) in [4.78, 5) is 36.4. The average Bonchev–Trinajstić information content (AvgIpc) is 3.27. The van der Waals surface area contributed by atoms with Gasteiger partial charge in [-0.05, 0) is 18.6 Å². The Kier molecular flexibility index (Phi) is 3.01. The van der Waals surface area contributed by atoms with E-state index < -0.39 is 46.5 Å². The average molecular weight is 336 g/mol. The van der Waals surface area contributed by atoms with Crippen molar-refractivity contribution in [2.45, 2.75) is 51.1 Å². The lowest BCUT2D eigenvalue weighted by molar-refractivity contribution is -0.243. The molecule has 1 spiro atoms. The monoisotopic (exact) mass is 336 g/mol. The lowest BCUT2D eigenvalue weighted by Crippen LogP contribution is -2.70. The van der Waals surface area contributed by atoms with E-state index in [1.165, 1.54) is 6.92 Å². The van der Waals surface area contributed by atoms with E-state index in [4.69, 9.17) is 14.2 Å². The summed E-state index contributed by atoms with van der Waals surface area (Å²) in [5, 5.41) is 10.9. The number of aliphatic hydroxyl groups is 1. The molecule has 0 radical (unpaired) electrons. The van der Waals surface area contributed by atoms with E-state index in [1.54, 1.807) is 13.0 Å². The quantitative estimate of drug-likeness (QED) is 0.557. The van der Waals surface area contributed by atoms with Crippen LogP contribution in [0.3, 0.4) is 0 Å². The van der Waals surface area contributed by atoms with Crippen molar-refractivity contribution in [1.82, 2.24) is 0 Å². The highest BCUT2D eigenvalue weighted by Crippen LogP contribution is 2.70. The zero-order chi connectivity index (χ0) is 17.5. The van der Waals surface area contributed by atoms with Gasteiger partial charge in [0.1, 0.15) is 24.4 Å². The summed E-state index contributed by atoms with van der Waals surface area (Å²) >= 11 is 0. The Morgan fingerprint density at radius 3 is 2.71 bits per heavy atom. The molecule has 0 amide bonds. The van der Waals surface area contributed by atoms with E-state index >= 15 is 0 Å². The van der Waals surface area contributed by atoms with Crippen molar-refractivity contribution in [3.63, 3.8) is 0 Å². The van der Waals surface area contributed by atoms with Gasteiger partial charge in [0.25, 0.3) is 0 Å². The molecule has 1 unspecified atom stereocenters. The highest BCUT2D eigenvalue weighted by atomic mass is 16.6. The van der Waals surface area contributed by atoms with Crippen molar-refractivity contribution in [3.8, 4) is 0 Å². The van der Waals surface area contributed by atoms with Crippen molar-refractivity contribution in [2.24, 2.45) is 10.8 Å². The van der Waals surface area contributed by atoms with Gasteiger partial charge in [-0.2, -0.15) is 0 Å². The summed E-state index contributed by atoms with van der Waals surface area (Å²) < 4.78 is 16.9. The predicted molar refractivity (Wildman–Crippen MR) is 78.9 cm³/mol. The van der Waals surface area contributed by atoms with Crippen LogP contribution in [0.1, 0.15) is 27.2 Å². The first-order valence-electron chi connectivity index (χ1n) is 8.06. The number of esters is 1. The molecule has 3 fully saturated rings. The first kappa shape index (κ1) is 15.9. The zero-order valence-corrected chi connectivity index (χ0v) is 13.8. The third kappa shape index (κ3) is 1.55. The van der Waals surface area contributed by atoms with Crippen LogP contribution < -0.4 is 0 Å². The van der Waals surface area contributed by atoms with Crippen LogP contribution in [0.5, 0.6) is 0 Å². The number of fused-ring (bicyclic) bond motifs is 2. The van der Waals surface area contributed by atoms with Crippen LogP contribution in [0.15, 0.2) is 11.6 Å². The van der Waals surface area contributed by atoms with Gasteiger partial charge in [0.2, 0.25) is 0 Å². The van der Waals surface area contributed by atoms with E-state index in [1.807, 2.05) is 6.92 Å². The van der Waals surface area contributed by atoms with Crippen molar-refractivity contribution < 1.29 is 33.7 Å². The Morgan fingerprint density at radius 1 is 1.46 bits per heavy atom. The molecule has 130 valence electrons. The fraction of sp³-hybridized carbons (Fsp3) is 0.706. The van der Waals surface area contributed by atoms with Gasteiger partial charge in [0.15, 0.2) is 11.6 Å². The molecule has 7 nitrogen and oxygen atoms in total. The molecule has 6 atom stereocenters. The number of ketones is 2. The number of rotatable bonds is 2. The molecule has 24 heavy (non-hydrogen) atoms. The highest BCUT2D eigenvalue weighted by Gasteiger charge is 2.83. The lowest BCUT2D eigenvalue weighted by atomic mass is 9.50. The first-order chi connectivity index (χ1) is 11.2.